The van der Waals surface area contributed by atoms with E-state index in [1.807, 2.05) is 0 Å². The lowest BCUT2D eigenvalue weighted by Crippen LogP contribution is -2.67. The minimum Gasteiger partial charge on any atom is -0.365 e. The van der Waals surface area contributed by atoms with Crippen LogP contribution in [0.4, 0.5) is 0 Å². The van der Waals surface area contributed by atoms with Crippen LogP contribution in [0.2, 0.25) is 0 Å². The summed E-state index contributed by atoms with van der Waals surface area (Å²) in [6.07, 6.45) is 28.3. The number of ether oxygens (including phenoxy) is 2. The second kappa shape index (κ2) is 24.5. The molecule has 11 heteroatoms. The van der Waals surface area contributed by atoms with E-state index in [0.29, 0.717) is 48.1 Å². The maximum atomic E-state index is 10.3. The van der Waals surface area contributed by atoms with Gasteiger partial charge in [-0.3, -0.25) is 16.1 Å². The average molecular weight is 942 g/mol. The fourth-order valence-electron chi connectivity index (χ4n) is 15.5. The van der Waals surface area contributed by atoms with Gasteiger partial charge < -0.3 is 35.4 Å². The van der Waals surface area contributed by atoms with Gasteiger partial charge in [-0.25, -0.2) is 5.01 Å². The van der Waals surface area contributed by atoms with Crippen molar-refractivity contribution in [2.45, 2.75) is 264 Å². The van der Waals surface area contributed by atoms with Gasteiger partial charge in [-0.15, -0.1) is 0 Å². The standard InChI is InChI=1S/C13H26N2.C12H21NO2.C12H21NO.C10H20N2.C9H20N2/c1-12(2)14-15-10-8-13(9-11-15)6-4-3-5-7-13;1-8(2)13-11-4-9-3-10(5-11)7-12(14,6-9)15-11;1-8(2)13-12-6-9-3-10(7-12)5-11(4-9)14-12;1-8(2)11-10-7-12-5-3-9(10)4-6-12;1-8(2)11-7-9-3-5-10-6-4-9/h12,14H,3-11H2,1-2H3;8-10,13-14H,3-7H2,1-2H3;8-11,13H,3-7H2,1-2H3;8-11H,3-7H2,1-2H3;8-11H,3-7H2,1-2H3. The number of hydrogen-bond donors (Lipinski definition) is 7. The highest BCUT2D eigenvalue weighted by Crippen LogP contribution is 2.56. The van der Waals surface area contributed by atoms with Crippen LogP contribution in [0.3, 0.4) is 0 Å². The first-order valence-electron chi connectivity index (χ1n) is 29.0. The molecule has 14 fully saturated rings. The van der Waals surface area contributed by atoms with Crippen LogP contribution in [0.5, 0.6) is 0 Å². The van der Waals surface area contributed by atoms with Crippen molar-refractivity contribution in [3.05, 3.63) is 0 Å². The molecular formula is C56H108N8O3. The van der Waals surface area contributed by atoms with Gasteiger partial charge in [0.25, 0.3) is 0 Å². The third kappa shape index (κ3) is 16.3. The Balaban J connectivity index is 0.000000125. The zero-order valence-corrected chi connectivity index (χ0v) is 45.2. The summed E-state index contributed by atoms with van der Waals surface area (Å²) in [5, 5.41) is 30.5. The quantitative estimate of drug-likeness (QED) is 0.108. The van der Waals surface area contributed by atoms with E-state index in [9.17, 15) is 5.11 Å². The van der Waals surface area contributed by atoms with E-state index in [1.54, 1.807) is 0 Å². The molecule has 14 aliphatic rings. The Morgan fingerprint density at radius 1 is 0.597 bits per heavy atom. The van der Waals surface area contributed by atoms with Crippen molar-refractivity contribution in [3.63, 3.8) is 0 Å². The van der Waals surface area contributed by atoms with E-state index in [1.165, 1.54) is 162 Å². The minimum atomic E-state index is -0.814. The molecule has 5 aliphatic carbocycles. The smallest absolute Gasteiger partial charge is 0.168 e. The van der Waals surface area contributed by atoms with Crippen molar-refractivity contribution in [2.24, 2.45) is 40.9 Å². The molecule has 9 heterocycles. The van der Waals surface area contributed by atoms with Crippen LogP contribution in [-0.2, 0) is 9.47 Å². The number of fused-ring (bicyclic) bond motifs is 3. The van der Waals surface area contributed by atoms with Crippen molar-refractivity contribution >= 4 is 0 Å². The maximum Gasteiger partial charge on any atom is 0.168 e. The predicted molar refractivity (Wildman–Crippen MR) is 278 cm³/mol. The second-order valence-electron chi connectivity index (χ2n) is 26.2. The lowest BCUT2D eigenvalue weighted by atomic mass is 9.63. The van der Waals surface area contributed by atoms with Gasteiger partial charge in [0, 0.05) is 68.7 Å². The Bertz CT molecular complexity index is 1370. The molecule has 0 aromatic heterocycles. The number of hydrogen-bond acceptors (Lipinski definition) is 11. The van der Waals surface area contributed by atoms with E-state index in [-0.39, 0.29) is 11.4 Å². The molecule has 14 rings (SSSR count). The number of nitrogens with one attached hydrogen (secondary N) is 6. The van der Waals surface area contributed by atoms with Crippen molar-refractivity contribution in [1.82, 2.24) is 41.9 Å². The van der Waals surface area contributed by atoms with Gasteiger partial charge in [-0.1, -0.05) is 47.0 Å². The van der Waals surface area contributed by atoms with Crippen LogP contribution < -0.4 is 32.0 Å². The Hall–Kier alpha value is -0.440. The summed E-state index contributed by atoms with van der Waals surface area (Å²) in [7, 11) is 0. The second-order valence-corrected chi connectivity index (χ2v) is 26.2. The zero-order chi connectivity index (χ0) is 47.8. The van der Waals surface area contributed by atoms with Crippen LogP contribution in [0.25, 0.3) is 0 Å². The van der Waals surface area contributed by atoms with E-state index in [0.717, 1.165) is 60.8 Å². The molecule has 11 nitrogen and oxygen atoms in total. The van der Waals surface area contributed by atoms with E-state index >= 15 is 0 Å². The van der Waals surface area contributed by atoms with Crippen LogP contribution in [0.15, 0.2) is 0 Å². The molecule has 1 spiro atoms. The Kier molecular flexibility index (Phi) is 19.9. The van der Waals surface area contributed by atoms with Crippen LogP contribution in [0.1, 0.15) is 204 Å². The predicted octanol–water partition coefficient (Wildman–Crippen LogP) is 8.91. The fraction of sp³-hybridized carbons (Fsp3) is 1.00. The fourth-order valence-corrected chi connectivity index (χ4v) is 15.5. The molecule has 0 aromatic rings. The topological polar surface area (TPSA) is 117 Å². The third-order valence-electron chi connectivity index (χ3n) is 17.8. The van der Waals surface area contributed by atoms with Crippen molar-refractivity contribution in [3.8, 4) is 0 Å². The molecule has 10 bridgehead atoms. The number of hydrazine groups is 1. The number of aliphatic hydroxyl groups is 1. The van der Waals surface area contributed by atoms with E-state index in [4.69, 9.17) is 9.47 Å². The van der Waals surface area contributed by atoms with Gasteiger partial charge >= 0.3 is 0 Å². The maximum absolute atomic E-state index is 10.3. The minimum absolute atomic E-state index is 0.0723. The molecular weight excluding hydrogens is 833 g/mol. The van der Waals surface area contributed by atoms with E-state index < -0.39 is 5.79 Å². The van der Waals surface area contributed by atoms with Crippen LogP contribution in [0, 0.1) is 40.9 Å². The Labute approximate surface area is 412 Å². The average Bonchev–Trinajstić information content (AvgIpc) is 3.23. The number of nitrogens with zero attached hydrogens (tertiary/aromatic N) is 2. The summed E-state index contributed by atoms with van der Waals surface area (Å²) < 4.78 is 12.2. The highest BCUT2D eigenvalue weighted by molar-refractivity contribution is 5.04. The summed E-state index contributed by atoms with van der Waals surface area (Å²) >= 11 is 0. The summed E-state index contributed by atoms with van der Waals surface area (Å²) in [6.45, 7) is 32.3. The first-order valence-corrected chi connectivity index (χ1v) is 29.0. The molecule has 67 heavy (non-hydrogen) atoms. The lowest BCUT2D eigenvalue weighted by Gasteiger charge is -2.60. The summed E-state index contributed by atoms with van der Waals surface area (Å²) in [4.78, 5) is 2.60. The molecule has 5 unspecified atom stereocenters. The van der Waals surface area contributed by atoms with Crippen molar-refractivity contribution in [1.29, 1.82) is 0 Å². The SMILES string of the molecule is CC(C)NC12CC3CC(CC(C3)O1)C2.CC(C)NC12CC3CC(CC(O)(C3)O1)C2.CC(C)NC1CN2CCC1CC2.CC(C)NCC1CCNCC1.CC(C)NN1CCC2(CCCCC2)CC1. The molecule has 9 aliphatic heterocycles. The first-order chi connectivity index (χ1) is 31.9. The largest absolute Gasteiger partial charge is 0.365 e. The monoisotopic (exact) mass is 941 g/mol. The van der Waals surface area contributed by atoms with Gasteiger partial charge in [-0.2, -0.15) is 0 Å². The molecule has 0 amide bonds. The van der Waals surface area contributed by atoms with Gasteiger partial charge in [-0.05, 0) is 218 Å². The highest BCUT2D eigenvalue weighted by atomic mass is 16.7. The normalized spacial score (nSPS) is 39.2. The lowest BCUT2D eigenvalue weighted by molar-refractivity contribution is -0.364. The molecule has 5 atom stereocenters. The van der Waals surface area contributed by atoms with Gasteiger partial charge in [0.2, 0.25) is 0 Å². The Morgan fingerprint density at radius 2 is 1.16 bits per heavy atom. The molecule has 7 N–H and O–H groups in total. The molecule has 9 saturated heterocycles. The van der Waals surface area contributed by atoms with Crippen LogP contribution >= 0.6 is 0 Å². The summed E-state index contributed by atoms with van der Waals surface area (Å²) in [6, 6.07) is 3.63. The third-order valence-corrected chi connectivity index (χ3v) is 17.8. The molecule has 0 radical (unpaired) electrons. The molecule has 5 saturated carbocycles. The van der Waals surface area contributed by atoms with Crippen LogP contribution in [-0.4, -0.2) is 127 Å². The van der Waals surface area contributed by atoms with Gasteiger partial charge in [0.1, 0.15) is 11.4 Å². The summed E-state index contributed by atoms with van der Waals surface area (Å²) in [5.41, 5.74) is 4.14. The number of rotatable bonds is 11. The number of piperidine rings is 5. The highest BCUT2D eigenvalue weighted by Gasteiger charge is 2.58. The first kappa shape index (κ1) is 54.3. The molecule has 390 valence electrons. The Morgan fingerprint density at radius 3 is 1.66 bits per heavy atom. The summed E-state index contributed by atoms with van der Waals surface area (Å²) in [5.74, 6) is 4.31. The van der Waals surface area contributed by atoms with E-state index in [2.05, 4.69) is 111 Å². The van der Waals surface area contributed by atoms with Gasteiger partial charge in [0.05, 0.1) is 6.10 Å². The zero-order valence-electron chi connectivity index (χ0n) is 45.2. The molecule has 0 aromatic carbocycles. The van der Waals surface area contributed by atoms with Crippen molar-refractivity contribution in [2.75, 3.05) is 52.4 Å². The van der Waals surface area contributed by atoms with Crippen molar-refractivity contribution < 1.29 is 14.6 Å². The van der Waals surface area contributed by atoms with Gasteiger partial charge in [0.15, 0.2) is 5.79 Å².